The molecule has 0 unspecified atom stereocenters. The van der Waals surface area contributed by atoms with E-state index in [4.69, 9.17) is 9.47 Å². The molecule has 25 heavy (non-hydrogen) atoms. The Labute approximate surface area is 148 Å². The average Bonchev–Trinajstić information content (AvgIpc) is 2.62. The molecule has 0 aliphatic carbocycles. The molecular formula is C19H27NO5. The van der Waals surface area contributed by atoms with Gasteiger partial charge in [0.1, 0.15) is 6.04 Å². The highest BCUT2D eigenvalue weighted by atomic mass is 16.5. The maximum atomic E-state index is 12.0. The summed E-state index contributed by atoms with van der Waals surface area (Å²) in [4.78, 5) is 35.7. The van der Waals surface area contributed by atoms with Crippen LogP contribution in [0.5, 0.6) is 0 Å². The van der Waals surface area contributed by atoms with Crippen LogP contribution in [0.2, 0.25) is 0 Å². The van der Waals surface area contributed by atoms with Crippen molar-refractivity contribution < 1.29 is 23.9 Å². The first-order chi connectivity index (χ1) is 11.8. The summed E-state index contributed by atoms with van der Waals surface area (Å²) in [6, 6.07) is 6.30. The lowest BCUT2D eigenvalue weighted by Crippen LogP contribution is -2.47. The molecule has 0 radical (unpaired) electrons. The highest BCUT2D eigenvalue weighted by molar-refractivity contribution is 5.92. The highest BCUT2D eigenvalue weighted by Gasteiger charge is 2.27. The zero-order valence-electron chi connectivity index (χ0n) is 15.5. The van der Waals surface area contributed by atoms with Crippen LogP contribution in [0.25, 0.3) is 0 Å². The first kappa shape index (κ1) is 20.7. The van der Waals surface area contributed by atoms with E-state index in [2.05, 4.69) is 19.2 Å². The van der Waals surface area contributed by atoms with Crippen molar-refractivity contribution in [3.05, 3.63) is 35.4 Å². The standard InChI is InChI=1S/C19H27NO5/c1-6-13(4)17(19(23)24-5)20-16(21)11-25-18(22)15-9-7-14(8-10-15)12(2)3/h7-10,12-13,17H,6,11H2,1-5H3,(H,20,21)/t13-,17-/m1/s1. The van der Waals surface area contributed by atoms with Crippen LogP contribution in [0.4, 0.5) is 0 Å². The van der Waals surface area contributed by atoms with E-state index in [1.54, 1.807) is 12.1 Å². The van der Waals surface area contributed by atoms with E-state index in [1.165, 1.54) is 7.11 Å². The van der Waals surface area contributed by atoms with Gasteiger partial charge < -0.3 is 14.8 Å². The molecule has 0 aliphatic heterocycles. The van der Waals surface area contributed by atoms with Crippen LogP contribution < -0.4 is 5.32 Å². The first-order valence-corrected chi connectivity index (χ1v) is 8.44. The van der Waals surface area contributed by atoms with Gasteiger partial charge in [-0.05, 0) is 29.5 Å². The molecule has 1 aromatic rings. The van der Waals surface area contributed by atoms with Crippen LogP contribution in [0.1, 0.15) is 56.0 Å². The maximum absolute atomic E-state index is 12.0. The van der Waals surface area contributed by atoms with E-state index < -0.39 is 30.5 Å². The molecule has 1 rings (SSSR count). The lowest BCUT2D eigenvalue weighted by Gasteiger charge is -2.21. The Morgan fingerprint density at radius 3 is 2.16 bits per heavy atom. The average molecular weight is 349 g/mol. The number of rotatable bonds is 8. The summed E-state index contributed by atoms with van der Waals surface area (Å²) >= 11 is 0. The second-order valence-electron chi connectivity index (χ2n) is 6.31. The van der Waals surface area contributed by atoms with Crippen molar-refractivity contribution in [2.24, 2.45) is 5.92 Å². The number of nitrogens with one attached hydrogen (secondary N) is 1. The normalized spacial score (nSPS) is 13.0. The number of hydrogen-bond donors (Lipinski definition) is 1. The predicted molar refractivity (Wildman–Crippen MR) is 94.2 cm³/mol. The van der Waals surface area contributed by atoms with E-state index in [0.29, 0.717) is 17.9 Å². The van der Waals surface area contributed by atoms with Crippen LogP contribution in [0.15, 0.2) is 24.3 Å². The molecule has 2 atom stereocenters. The summed E-state index contributed by atoms with van der Waals surface area (Å²) < 4.78 is 9.71. The van der Waals surface area contributed by atoms with Crippen molar-refractivity contribution in [1.29, 1.82) is 0 Å². The predicted octanol–water partition coefficient (Wildman–Crippen LogP) is 2.67. The molecule has 0 saturated heterocycles. The highest BCUT2D eigenvalue weighted by Crippen LogP contribution is 2.15. The molecule has 1 N–H and O–H groups in total. The molecule has 138 valence electrons. The molecule has 1 aromatic carbocycles. The van der Waals surface area contributed by atoms with Crippen LogP contribution in [0, 0.1) is 5.92 Å². The number of ether oxygens (including phenoxy) is 2. The number of esters is 2. The lowest BCUT2D eigenvalue weighted by atomic mass is 9.99. The van der Waals surface area contributed by atoms with Gasteiger partial charge in [0, 0.05) is 0 Å². The van der Waals surface area contributed by atoms with Crippen molar-refractivity contribution in [2.75, 3.05) is 13.7 Å². The van der Waals surface area contributed by atoms with Crippen molar-refractivity contribution in [1.82, 2.24) is 5.32 Å². The van der Waals surface area contributed by atoms with Crippen molar-refractivity contribution >= 4 is 17.8 Å². The zero-order chi connectivity index (χ0) is 19.0. The summed E-state index contributed by atoms with van der Waals surface area (Å²) in [5.41, 5.74) is 1.49. The van der Waals surface area contributed by atoms with Gasteiger partial charge in [-0.15, -0.1) is 0 Å². The molecule has 0 spiro atoms. The van der Waals surface area contributed by atoms with Gasteiger partial charge in [0.25, 0.3) is 5.91 Å². The number of methoxy groups -OCH3 is 1. The minimum absolute atomic E-state index is 0.0873. The Morgan fingerprint density at radius 1 is 1.08 bits per heavy atom. The minimum Gasteiger partial charge on any atom is -0.467 e. The fourth-order valence-electron chi connectivity index (χ4n) is 2.23. The summed E-state index contributed by atoms with van der Waals surface area (Å²) in [6.07, 6.45) is 0.696. The summed E-state index contributed by atoms with van der Waals surface area (Å²) in [5, 5.41) is 2.56. The van der Waals surface area contributed by atoms with Gasteiger partial charge in [0.05, 0.1) is 12.7 Å². The van der Waals surface area contributed by atoms with Crippen LogP contribution in [-0.4, -0.2) is 37.6 Å². The maximum Gasteiger partial charge on any atom is 0.338 e. The van der Waals surface area contributed by atoms with E-state index in [-0.39, 0.29) is 5.92 Å². The molecule has 6 nitrogen and oxygen atoms in total. The van der Waals surface area contributed by atoms with Crippen LogP contribution >= 0.6 is 0 Å². The molecule has 6 heteroatoms. The van der Waals surface area contributed by atoms with Gasteiger partial charge in [-0.2, -0.15) is 0 Å². The number of hydrogen-bond acceptors (Lipinski definition) is 5. The third-order valence-electron chi connectivity index (χ3n) is 4.13. The number of benzene rings is 1. The Kier molecular flexibility index (Phi) is 8.11. The van der Waals surface area contributed by atoms with Gasteiger partial charge in [0.2, 0.25) is 0 Å². The number of carbonyl (C=O) groups excluding carboxylic acids is 3. The largest absolute Gasteiger partial charge is 0.467 e. The number of amides is 1. The topological polar surface area (TPSA) is 81.7 Å². The molecule has 1 amide bonds. The summed E-state index contributed by atoms with van der Waals surface area (Å²) in [5.74, 6) is -1.35. The second-order valence-corrected chi connectivity index (χ2v) is 6.31. The molecule has 0 saturated carbocycles. The third-order valence-corrected chi connectivity index (χ3v) is 4.13. The van der Waals surface area contributed by atoms with E-state index in [1.807, 2.05) is 26.0 Å². The van der Waals surface area contributed by atoms with Crippen LogP contribution in [0.3, 0.4) is 0 Å². The summed E-state index contributed by atoms with van der Waals surface area (Å²) in [6.45, 7) is 7.42. The van der Waals surface area contributed by atoms with Gasteiger partial charge in [0.15, 0.2) is 6.61 Å². The Morgan fingerprint density at radius 2 is 1.68 bits per heavy atom. The van der Waals surface area contributed by atoms with Gasteiger partial charge >= 0.3 is 11.9 Å². The Bertz CT molecular complexity index is 594. The first-order valence-electron chi connectivity index (χ1n) is 8.44. The Hall–Kier alpha value is -2.37. The lowest BCUT2D eigenvalue weighted by molar-refractivity contribution is -0.147. The minimum atomic E-state index is -0.758. The second kappa shape index (κ2) is 9.81. The molecule has 0 heterocycles. The van der Waals surface area contributed by atoms with E-state index >= 15 is 0 Å². The van der Waals surface area contributed by atoms with Crippen LogP contribution in [-0.2, 0) is 19.1 Å². The van der Waals surface area contributed by atoms with Gasteiger partial charge in [-0.25, -0.2) is 9.59 Å². The van der Waals surface area contributed by atoms with Gasteiger partial charge in [-0.1, -0.05) is 46.2 Å². The van der Waals surface area contributed by atoms with Crippen molar-refractivity contribution in [3.63, 3.8) is 0 Å². The summed E-state index contributed by atoms with van der Waals surface area (Å²) in [7, 11) is 1.27. The van der Waals surface area contributed by atoms with E-state index in [0.717, 1.165) is 5.56 Å². The van der Waals surface area contributed by atoms with Crippen molar-refractivity contribution in [2.45, 2.75) is 46.1 Å². The van der Waals surface area contributed by atoms with E-state index in [9.17, 15) is 14.4 Å². The number of carbonyl (C=O) groups is 3. The molecule has 0 bridgehead atoms. The SMILES string of the molecule is CC[C@@H](C)[C@@H](NC(=O)COC(=O)c1ccc(C(C)C)cc1)C(=O)OC. The monoisotopic (exact) mass is 349 g/mol. The Balaban J connectivity index is 2.59. The van der Waals surface area contributed by atoms with Crippen molar-refractivity contribution in [3.8, 4) is 0 Å². The van der Waals surface area contributed by atoms with Gasteiger partial charge in [-0.3, -0.25) is 4.79 Å². The molecule has 0 fully saturated rings. The fraction of sp³-hybridized carbons (Fsp3) is 0.526. The quantitative estimate of drug-likeness (QED) is 0.730. The zero-order valence-corrected chi connectivity index (χ0v) is 15.5. The third kappa shape index (κ3) is 6.21. The smallest absolute Gasteiger partial charge is 0.338 e. The molecule has 0 aromatic heterocycles. The molecular weight excluding hydrogens is 322 g/mol. The molecule has 0 aliphatic rings. The fourth-order valence-corrected chi connectivity index (χ4v) is 2.23.